The summed E-state index contributed by atoms with van der Waals surface area (Å²) in [4.78, 5) is 0. The summed E-state index contributed by atoms with van der Waals surface area (Å²) in [6, 6.07) is 4.23. The molecule has 2 nitrogen and oxygen atoms in total. The molecule has 0 aromatic rings. The van der Waals surface area contributed by atoms with E-state index in [0.29, 0.717) is 0 Å². The molecule has 0 aliphatic heterocycles. The maximum absolute atomic E-state index is 7.09. The molecule has 0 aromatic carbocycles. The van der Waals surface area contributed by atoms with Crippen LogP contribution in [0.1, 0.15) is 297 Å². The lowest BCUT2D eigenvalue weighted by Crippen LogP contribution is -2.39. The van der Waals surface area contributed by atoms with Crippen LogP contribution in [0.15, 0.2) is 0 Å². The molecule has 0 radical (unpaired) electrons. The molecule has 0 aromatic heterocycles. The highest BCUT2D eigenvalue weighted by molar-refractivity contribution is 6.73. The fraction of sp³-hybridized carbons (Fsp3) is 1.00. The summed E-state index contributed by atoms with van der Waals surface area (Å²) < 4.78 is 12.9. The molecule has 0 heterocycles. The Bertz CT molecular complexity index is 589. The highest BCUT2D eigenvalue weighted by Gasteiger charge is 2.33. The summed E-state index contributed by atoms with van der Waals surface area (Å²) in [5.74, 6) is 0. The highest BCUT2D eigenvalue weighted by Crippen LogP contribution is 2.31. The predicted octanol–water partition coefficient (Wildman–Crippen LogP) is 19.4. The van der Waals surface area contributed by atoms with Gasteiger partial charge in [0, 0.05) is 6.61 Å². The third kappa shape index (κ3) is 43.5. The van der Waals surface area contributed by atoms with Crippen molar-refractivity contribution in [3.05, 3.63) is 0 Å². The van der Waals surface area contributed by atoms with E-state index in [4.69, 9.17) is 9.16 Å². The Kier molecular flexibility index (Phi) is 48.6. The van der Waals surface area contributed by atoms with Crippen molar-refractivity contribution in [2.45, 2.75) is 316 Å². The molecule has 55 heavy (non-hydrogen) atoms. The largest absolute Gasteiger partial charge is 0.414 e. The molecule has 0 saturated carbocycles. The minimum atomic E-state index is -1.73. The Balaban J connectivity index is 4.59. The monoisotopic (exact) mass is 793 g/mol. The van der Waals surface area contributed by atoms with E-state index in [-0.39, 0.29) is 0 Å². The number of ether oxygens (including phenoxy) is 1. The molecule has 0 rings (SSSR count). The second-order valence-corrected chi connectivity index (χ2v) is 22.4. The van der Waals surface area contributed by atoms with Gasteiger partial charge in [0.15, 0.2) is 8.32 Å². The lowest BCUT2D eigenvalue weighted by Gasteiger charge is -2.32. The van der Waals surface area contributed by atoms with E-state index >= 15 is 0 Å². The smallest absolute Gasteiger partial charge is 0.192 e. The molecule has 0 atom stereocenters. The number of unbranched alkanes of at least 4 members (excludes halogenated alkanes) is 39. The molecular formula is C52H108O2Si. The predicted molar refractivity (Wildman–Crippen MR) is 254 cm³/mol. The van der Waals surface area contributed by atoms with Crippen molar-refractivity contribution in [3.8, 4) is 0 Å². The van der Waals surface area contributed by atoms with Crippen molar-refractivity contribution in [1.29, 1.82) is 0 Å². The minimum absolute atomic E-state index is 0.793. The summed E-state index contributed by atoms with van der Waals surface area (Å²) in [5.41, 5.74) is 0. The minimum Gasteiger partial charge on any atom is -0.414 e. The van der Waals surface area contributed by atoms with Gasteiger partial charge in [-0.05, 0) is 25.1 Å². The zero-order valence-electron chi connectivity index (χ0n) is 39.3. The first-order chi connectivity index (χ1) is 27.2. The van der Waals surface area contributed by atoms with Crippen molar-refractivity contribution < 1.29 is 9.16 Å². The first kappa shape index (κ1) is 55.1. The van der Waals surface area contributed by atoms with Crippen molar-refractivity contribution >= 4 is 8.32 Å². The van der Waals surface area contributed by atoms with E-state index in [1.807, 2.05) is 0 Å². The van der Waals surface area contributed by atoms with Crippen LogP contribution in [0.4, 0.5) is 0 Å². The Morgan fingerprint density at radius 1 is 0.236 bits per heavy atom. The van der Waals surface area contributed by atoms with Gasteiger partial charge in [-0.15, -0.1) is 0 Å². The quantitative estimate of drug-likeness (QED) is 0.0451. The Labute approximate surface area is 351 Å². The maximum atomic E-state index is 7.09. The van der Waals surface area contributed by atoms with Crippen LogP contribution in [0, 0.1) is 0 Å². The van der Waals surface area contributed by atoms with Crippen molar-refractivity contribution in [3.63, 3.8) is 0 Å². The number of rotatable bonds is 50. The van der Waals surface area contributed by atoms with Crippen LogP contribution in [0.3, 0.4) is 0 Å². The van der Waals surface area contributed by atoms with Gasteiger partial charge in [-0.25, -0.2) is 0 Å². The van der Waals surface area contributed by atoms with Crippen LogP contribution in [-0.4, -0.2) is 28.1 Å². The summed E-state index contributed by atoms with van der Waals surface area (Å²) >= 11 is 0. The van der Waals surface area contributed by atoms with Crippen LogP contribution in [0.5, 0.6) is 0 Å². The third-order valence-corrected chi connectivity index (χ3v) is 17.4. The average Bonchev–Trinajstić information content (AvgIpc) is 3.19. The van der Waals surface area contributed by atoms with Crippen LogP contribution in [0.2, 0.25) is 18.1 Å². The molecule has 0 N–H and O–H groups in total. The molecule has 0 unspecified atom stereocenters. The SMILES string of the molecule is CCCCCCCCCCCCCCCC[Si](CCCCCCCCCCCCCCCC)(CCCCCCCCCCCCCCCC)OCCOCC. The van der Waals surface area contributed by atoms with E-state index in [0.717, 1.165) is 19.8 Å². The van der Waals surface area contributed by atoms with Crippen LogP contribution in [0.25, 0.3) is 0 Å². The zero-order chi connectivity index (χ0) is 39.9. The molecule has 3 heteroatoms. The lowest BCUT2D eigenvalue weighted by atomic mass is 10.0. The van der Waals surface area contributed by atoms with Gasteiger partial charge in [-0.1, -0.05) is 290 Å². The van der Waals surface area contributed by atoms with Crippen LogP contribution >= 0.6 is 0 Å². The molecule has 332 valence electrons. The van der Waals surface area contributed by atoms with Crippen LogP contribution < -0.4 is 0 Å². The maximum Gasteiger partial charge on any atom is 0.192 e. The Morgan fingerprint density at radius 2 is 0.436 bits per heavy atom. The first-order valence-corrected chi connectivity index (χ1v) is 29.0. The molecule has 0 spiro atoms. The highest BCUT2D eigenvalue weighted by atomic mass is 28.4. The average molecular weight is 794 g/mol. The van der Waals surface area contributed by atoms with Crippen LogP contribution in [-0.2, 0) is 9.16 Å². The summed E-state index contributed by atoms with van der Waals surface area (Å²) in [7, 11) is -1.73. The third-order valence-electron chi connectivity index (χ3n) is 12.8. The molecule has 0 aliphatic carbocycles. The first-order valence-electron chi connectivity index (χ1n) is 26.5. The lowest BCUT2D eigenvalue weighted by molar-refractivity contribution is 0.105. The fourth-order valence-electron chi connectivity index (χ4n) is 8.98. The second-order valence-electron chi connectivity index (χ2n) is 18.3. The van der Waals surface area contributed by atoms with Gasteiger partial charge in [0.2, 0.25) is 0 Å². The standard InChI is InChI=1S/C52H108O2Si/c1-5-9-12-15-18-21-24-27-30-33-36-39-42-45-50-55(54-49-48-53-8-4,51-46-43-40-37-34-31-28-25-22-19-16-13-10-6-2)52-47-44-41-38-35-32-29-26-23-20-17-14-11-7-3/h5-52H2,1-4H3. The van der Waals surface area contributed by atoms with E-state index < -0.39 is 8.32 Å². The summed E-state index contributed by atoms with van der Waals surface area (Å²) in [6.07, 6.45) is 60.8. The number of hydrogen-bond acceptors (Lipinski definition) is 2. The fourth-order valence-corrected chi connectivity index (χ4v) is 13.4. The molecule has 0 saturated heterocycles. The van der Waals surface area contributed by atoms with E-state index in [1.54, 1.807) is 0 Å². The van der Waals surface area contributed by atoms with Gasteiger partial charge < -0.3 is 9.16 Å². The Hall–Kier alpha value is 0.137. The van der Waals surface area contributed by atoms with Gasteiger partial charge in [-0.3, -0.25) is 0 Å². The van der Waals surface area contributed by atoms with Gasteiger partial charge in [0.05, 0.1) is 13.2 Å². The van der Waals surface area contributed by atoms with E-state index in [9.17, 15) is 0 Å². The number of hydrogen-bond donors (Lipinski definition) is 0. The molecule has 0 amide bonds. The molecule has 0 bridgehead atoms. The zero-order valence-corrected chi connectivity index (χ0v) is 40.3. The van der Waals surface area contributed by atoms with Crippen molar-refractivity contribution in [2.75, 3.05) is 19.8 Å². The van der Waals surface area contributed by atoms with Gasteiger partial charge in [0.25, 0.3) is 0 Å². The van der Waals surface area contributed by atoms with E-state index in [2.05, 4.69) is 27.7 Å². The topological polar surface area (TPSA) is 18.5 Å². The van der Waals surface area contributed by atoms with Gasteiger partial charge >= 0.3 is 0 Å². The molecular weight excluding hydrogens is 685 g/mol. The van der Waals surface area contributed by atoms with Gasteiger partial charge in [0.1, 0.15) is 0 Å². The second kappa shape index (κ2) is 48.5. The van der Waals surface area contributed by atoms with Crippen molar-refractivity contribution in [1.82, 2.24) is 0 Å². The summed E-state index contributed by atoms with van der Waals surface area (Å²) in [5, 5.41) is 0. The van der Waals surface area contributed by atoms with Gasteiger partial charge in [-0.2, -0.15) is 0 Å². The molecule has 0 aliphatic rings. The molecule has 0 fully saturated rings. The van der Waals surface area contributed by atoms with Crippen molar-refractivity contribution in [2.24, 2.45) is 0 Å². The summed E-state index contributed by atoms with van der Waals surface area (Å²) in [6.45, 7) is 11.5. The normalized spacial score (nSPS) is 12.0. The Morgan fingerprint density at radius 3 is 0.636 bits per heavy atom. The van der Waals surface area contributed by atoms with E-state index in [1.165, 1.54) is 288 Å².